The molecule has 2 aliphatic heterocycles. The molecule has 0 saturated carbocycles. The Bertz CT molecular complexity index is 1790. The molecule has 3 aromatic rings. The highest BCUT2D eigenvalue weighted by molar-refractivity contribution is 6.33. The van der Waals surface area contributed by atoms with E-state index in [0.29, 0.717) is 37.5 Å². The molecule has 0 atom stereocenters. The first-order valence-electron chi connectivity index (χ1n) is 15.0. The van der Waals surface area contributed by atoms with Gasteiger partial charge in [-0.05, 0) is 51.3 Å². The highest BCUT2D eigenvalue weighted by Gasteiger charge is 2.35. The lowest BCUT2D eigenvalue weighted by molar-refractivity contribution is -0.140. The first-order valence-corrected chi connectivity index (χ1v) is 15.3. The first-order chi connectivity index (χ1) is 22.1. The van der Waals surface area contributed by atoms with E-state index in [-0.39, 0.29) is 55.6 Å². The molecule has 4 heterocycles. The minimum absolute atomic E-state index is 0.0604. The van der Waals surface area contributed by atoms with Crippen LogP contribution < -0.4 is 15.8 Å². The van der Waals surface area contributed by atoms with Gasteiger partial charge in [0.1, 0.15) is 23.7 Å². The molecular formula is C30H34ClF4N7O5. The van der Waals surface area contributed by atoms with Gasteiger partial charge in [0.25, 0.3) is 5.56 Å². The lowest BCUT2D eigenvalue weighted by atomic mass is 10.1. The van der Waals surface area contributed by atoms with Crippen molar-refractivity contribution < 1.29 is 36.6 Å². The molecule has 47 heavy (non-hydrogen) atoms. The third kappa shape index (κ3) is 7.38. The molecule has 1 fully saturated rings. The van der Waals surface area contributed by atoms with Crippen molar-refractivity contribution in [1.82, 2.24) is 24.1 Å². The van der Waals surface area contributed by atoms with Crippen LogP contribution in [0.3, 0.4) is 0 Å². The highest BCUT2D eigenvalue weighted by Crippen LogP contribution is 2.36. The van der Waals surface area contributed by atoms with E-state index in [1.807, 2.05) is 4.90 Å². The fourth-order valence-electron chi connectivity index (χ4n) is 5.43. The van der Waals surface area contributed by atoms with E-state index < -0.39 is 52.3 Å². The summed E-state index contributed by atoms with van der Waals surface area (Å²) in [6.07, 6.45) is -2.87. The SMILES string of the molecule is CCc1c(N2CCN(C(=O)OC(C)(C)C)CC2)c(=O)n2nc(C3=CCOCC3)nc2n1CC(=O)Nc1cc(F)c(C(F)(F)F)cc1Cl. The van der Waals surface area contributed by atoms with Gasteiger partial charge in [-0.3, -0.25) is 9.59 Å². The van der Waals surface area contributed by atoms with Crippen molar-refractivity contribution in [2.24, 2.45) is 0 Å². The molecule has 1 saturated heterocycles. The first kappa shape index (κ1) is 34.2. The number of nitrogens with one attached hydrogen (secondary N) is 1. The minimum atomic E-state index is -4.98. The summed E-state index contributed by atoms with van der Waals surface area (Å²) >= 11 is 6.00. The zero-order chi connectivity index (χ0) is 34.3. The molecule has 12 nitrogen and oxygen atoms in total. The van der Waals surface area contributed by atoms with E-state index in [1.165, 1.54) is 4.57 Å². The number of nitrogens with zero attached hydrogens (tertiary/aromatic N) is 6. The molecule has 5 rings (SSSR count). The Balaban J connectivity index is 1.52. The second kappa shape index (κ2) is 13.1. The minimum Gasteiger partial charge on any atom is -0.444 e. The number of benzene rings is 1. The third-order valence-corrected chi connectivity index (χ3v) is 7.91. The van der Waals surface area contributed by atoms with Crippen molar-refractivity contribution in [2.45, 2.75) is 58.9 Å². The van der Waals surface area contributed by atoms with Crippen LogP contribution in [-0.4, -0.2) is 81.1 Å². The number of alkyl halides is 3. The average Bonchev–Trinajstić information content (AvgIpc) is 3.45. The Hall–Kier alpha value is -4.18. The molecule has 2 aliphatic rings. The summed E-state index contributed by atoms with van der Waals surface area (Å²) in [7, 11) is 0. The van der Waals surface area contributed by atoms with E-state index >= 15 is 0 Å². The molecular weight excluding hydrogens is 650 g/mol. The Kier molecular flexibility index (Phi) is 9.55. The van der Waals surface area contributed by atoms with E-state index in [2.05, 4.69) is 15.4 Å². The van der Waals surface area contributed by atoms with Crippen LogP contribution in [0.1, 0.15) is 51.2 Å². The van der Waals surface area contributed by atoms with Crippen LogP contribution in [0.15, 0.2) is 23.0 Å². The second-order valence-corrected chi connectivity index (χ2v) is 12.5. The molecule has 2 aromatic heterocycles. The highest BCUT2D eigenvalue weighted by atomic mass is 35.5. The van der Waals surface area contributed by atoms with Crippen molar-refractivity contribution in [1.29, 1.82) is 0 Å². The number of hydrogen-bond acceptors (Lipinski definition) is 8. The van der Waals surface area contributed by atoms with Crippen LogP contribution in [0, 0.1) is 5.82 Å². The Morgan fingerprint density at radius 1 is 1.13 bits per heavy atom. The van der Waals surface area contributed by atoms with Gasteiger partial charge in [-0.1, -0.05) is 24.6 Å². The van der Waals surface area contributed by atoms with Crippen LogP contribution in [0.5, 0.6) is 0 Å². The number of anilines is 2. The number of amides is 2. The number of piperazine rings is 1. The van der Waals surface area contributed by atoms with Crippen LogP contribution in [0.25, 0.3) is 11.4 Å². The number of carbonyl (C=O) groups is 2. The van der Waals surface area contributed by atoms with E-state index in [4.69, 9.17) is 21.1 Å². The van der Waals surface area contributed by atoms with Gasteiger partial charge in [0.05, 0.1) is 35.2 Å². The maximum Gasteiger partial charge on any atom is 0.419 e. The molecule has 0 radical (unpaired) electrons. The van der Waals surface area contributed by atoms with Gasteiger partial charge in [-0.2, -0.15) is 22.7 Å². The van der Waals surface area contributed by atoms with Gasteiger partial charge in [0, 0.05) is 26.2 Å². The molecule has 0 unspecified atom stereocenters. The van der Waals surface area contributed by atoms with Crippen LogP contribution >= 0.6 is 11.6 Å². The molecule has 1 N–H and O–H groups in total. The van der Waals surface area contributed by atoms with Crippen LogP contribution in [0.2, 0.25) is 5.02 Å². The molecule has 0 bridgehead atoms. The zero-order valence-corrected chi connectivity index (χ0v) is 27.0. The topological polar surface area (TPSA) is 123 Å². The maximum absolute atomic E-state index is 14.3. The van der Waals surface area contributed by atoms with Crippen molar-refractivity contribution >= 4 is 46.3 Å². The fourth-order valence-corrected chi connectivity index (χ4v) is 5.64. The van der Waals surface area contributed by atoms with Crippen molar-refractivity contribution in [3.63, 3.8) is 0 Å². The molecule has 2 amide bonds. The molecule has 0 spiro atoms. The molecule has 0 aliphatic carbocycles. The number of aromatic nitrogens is 4. The lowest BCUT2D eigenvalue weighted by Crippen LogP contribution is -2.51. The number of fused-ring (bicyclic) bond motifs is 1. The largest absolute Gasteiger partial charge is 0.444 e. The standard InChI is InChI=1S/C30H34ClF4N7O5/c1-5-22-24(39-8-10-40(11-9-39)28(45)47-29(2,3)4)26(44)42-27(37-25(38-42)17-6-12-46-13-7-17)41(22)16-23(43)36-21-15-20(32)18(14-19(21)31)30(33,34)35/h6,14-15H,5,7-13,16H2,1-4H3,(H,36,43). The number of carbonyl (C=O) groups excluding carboxylic acids is 2. The summed E-state index contributed by atoms with van der Waals surface area (Å²) in [5.74, 6) is -2.02. The summed E-state index contributed by atoms with van der Waals surface area (Å²) in [6.45, 7) is 8.52. The monoisotopic (exact) mass is 683 g/mol. The summed E-state index contributed by atoms with van der Waals surface area (Å²) in [5, 5.41) is 6.36. The van der Waals surface area contributed by atoms with Crippen LogP contribution in [0.4, 0.5) is 33.7 Å². The fraction of sp³-hybridized carbons (Fsp3) is 0.500. The number of hydrogen-bond donors (Lipinski definition) is 1. The predicted molar refractivity (Wildman–Crippen MR) is 165 cm³/mol. The van der Waals surface area contributed by atoms with E-state index in [9.17, 15) is 31.9 Å². The van der Waals surface area contributed by atoms with Gasteiger partial charge in [0.2, 0.25) is 11.7 Å². The predicted octanol–water partition coefficient (Wildman–Crippen LogP) is 4.76. The maximum atomic E-state index is 14.3. The number of halogens is 5. The summed E-state index contributed by atoms with van der Waals surface area (Å²) in [5.41, 5.74) is -1.62. The summed E-state index contributed by atoms with van der Waals surface area (Å²) in [6, 6.07) is 0.913. The second-order valence-electron chi connectivity index (χ2n) is 12.1. The number of ether oxygens (including phenoxy) is 2. The smallest absolute Gasteiger partial charge is 0.419 e. The van der Waals surface area contributed by atoms with Gasteiger partial charge < -0.3 is 29.2 Å². The summed E-state index contributed by atoms with van der Waals surface area (Å²) in [4.78, 5) is 48.0. The van der Waals surface area contributed by atoms with E-state index in [1.54, 1.807) is 38.7 Å². The average molecular weight is 684 g/mol. The van der Waals surface area contributed by atoms with Crippen molar-refractivity contribution in [3.05, 3.63) is 56.5 Å². The number of rotatable bonds is 6. The molecule has 254 valence electrons. The molecule has 1 aromatic carbocycles. The zero-order valence-electron chi connectivity index (χ0n) is 26.2. The Morgan fingerprint density at radius 2 is 1.83 bits per heavy atom. The van der Waals surface area contributed by atoms with E-state index in [0.717, 1.165) is 10.1 Å². The van der Waals surface area contributed by atoms with Gasteiger partial charge in [-0.15, -0.1) is 5.10 Å². The Labute approximate surface area is 271 Å². The normalized spacial score (nSPS) is 16.0. The quantitative estimate of drug-likeness (QED) is 0.369. The van der Waals surface area contributed by atoms with Crippen molar-refractivity contribution in [2.75, 3.05) is 49.6 Å². The van der Waals surface area contributed by atoms with Gasteiger partial charge >= 0.3 is 12.3 Å². The van der Waals surface area contributed by atoms with Crippen LogP contribution in [-0.2, 0) is 33.4 Å². The molecule has 17 heteroatoms. The summed E-state index contributed by atoms with van der Waals surface area (Å²) < 4.78 is 67.3. The third-order valence-electron chi connectivity index (χ3n) is 7.60. The Morgan fingerprint density at radius 3 is 2.43 bits per heavy atom. The van der Waals surface area contributed by atoms with Gasteiger partial charge in [-0.25, -0.2) is 9.18 Å². The van der Waals surface area contributed by atoms with Crippen molar-refractivity contribution in [3.8, 4) is 0 Å². The lowest BCUT2D eigenvalue weighted by Gasteiger charge is -2.37. The van der Waals surface area contributed by atoms with Gasteiger partial charge in [0.15, 0.2) is 5.82 Å².